The third-order valence-electron chi connectivity index (χ3n) is 6.79. The number of nitrogens with zero attached hydrogens (tertiary/aromatic N) is 1. The summed E-state index contributed by atoms with van der Waals surface area (Å²) in [5.74, 6) is 0. The van der Waals surface area contributed by atoms with E-state index in [4.69, 9.17) is 0 Å². The summed E-state index contributed by atoms with van der Waals surface area (Å²) >= 11 is 0. The molecule has 9 heteroatoms. The molecule has 0 bridgehead atoms. The Morgan fingerprint density at radius 3 is 1.69 bits per heavy atom. The smallest absolute Gasteiger partial charge is 0.386 e. The van der Waals surface area contributed by atoms with Crippen LogP contribution in [0.15, 0.2) is 84.9 Å². The molecule has 3 aromatic carbocycles. The first-order valence-corrected chi connectivity index (χ1v) is 11.1. The molecule has 186 valence electrons. The molecule has 1 saturated heterocycles. The number of benzene rings is 3. The Balaban J connectivity index is 2.02. The molecule has 1 fully saturated rings. The topological polar surface area (TPSA) is 45.2 Å². The van der Waals surface area contributed by atoms with Crippen LogP contribution in [-0.4, -0.2) is 28.8 Å². The molecule has 1 aliphatic rings. The van der Waals surface area contributed by atoms with Gasteiger partial charge in [0.2, 0.25) is 0 Å². The molecular formula is C27H20F6N2O. The Labute approximate surface area is 202 Å². The number of rotatable bonds is 4. The van der Waals surface area contributed by atoms with Gasteiger partial charge < -0.3 is 10.4 Å². The van der Waals surface area contributed by atoms with E-state index in [1.807, 2.05) is 0 Å². The lowest BCUT2D eigenvalue weighted by Crippen LogP contribution is -2.71. The van der Waals surface area contributed by atoms with Crippen molar-refractivity contribution >= 4 is 10.9 Å². The lowest BCUT2D eigenvalue weighted by molar-refractivity contribution is -0.142. The number of halogens is 6. The number of aromatic nitrogens is 1. The average Bonchev–Trinajstić information content (AvgIpc) is 2.83. The number of aliphatic hydroxyl groups is 1. The van der Waals surface area contributed by atoms with Gasteiger partial charge in [0.25, 0.3) is 0 Å². The van der Waals surface area contributed by atoms with Gasteiger partial charge in [-0.3, -0.25) is 0 Å². The maximum absolute atomic E-state index is 14.1. The first kappa shape index (κ1) is 24.3. The second kappa shape index (κ2) is 8.31. The normalized spacial score (nSPS) is 16.1. The molecule has 5 rings (SSSR count). The summed E-state index contributed by atoms with van der Waals surface area (Å²) in [5.41, 5.74) is -6.08. The molecule has 0 spiro atoms. The molecule has 0 amide bonds. The van der Waals surface area contributed by atoms with Crippen molar-refractivity contribution in [2.24, 2.45) is 0 Å². The quantitative estimate of drug-likeness (QED) is 0.340. The summed E-state index contributed by atoms with van der Waals surface area (Å²) < 4.78 is 84.1. The molecule has 36 heavy (non-hydrogen) atoms. The molecule has 0 atom stereocenters. The van der Waals surface area contributed by atoms with Crippen molar-refractivity contribution in [1.82, 2.24) is 10.3 Å². The molecule has 2 heterocycles. The van der Waals surface area contributed by atoms with Crippen molar-refractivity contribution in [1.29, 1.82) is 0 Å². The van der Waals surface area contributed by atoms with E-state index < -0.39 is 40.1 Å². The Morgan fingerprint density at radius 2 is 1.25 bits per heavy atom. The molecule has 3 nitrogen and oxygen atoms in total. The van der Waals surface area contributed by atoms with Crippen LogP contribution in [0, 0.1) is 0 Å². The van der Waals surface area contributed by atoms with Crippen molar-refractivity contribution < 1.29 is 31.4 Å². The maximum Gasteiger partial charge on any atom is 0.433 e. The van der Waals surface area contributed by atoms with Gasteiger partial charge in [0.15, 0.2) is 0 Å². The number of fused-ring (bicyclic) bond motifs is 1. The predicted molar refractivity (Wildman–Crippen MR) is 122 cm³/mol. The molecule has 4 aromatic rings. The molecular weight excluding hydrogens is 482 g/mol. The van der Waals surface area contributed by atoms with Crippen LogP contribution in [-0.2, 0) is 17.8 Å². The van der Waals surface area contributed by atoms with Crippen LogP contribution in [0.25, 0.3) is 10.9 Å². The van der Waals surface area contributed by atoms with Gasteiger partial charge in [0, 0.05) is 18.5 Å². The Morgan fingerprint density at radius 1 is 0.694 bits per heavy atom. The summed E-state index contributed by atoms with van der Waals surface area (Å²) in [4.78, 5) is 3.46. The van der Waals surface area contributed by atoms with Crippen molar-refractivity contribution in [2.45, 2.75) is 23.4 Å². The Kier molecular flexibility index (Phi) is 5.61. The van der Waals surface area contributed by atoms with Crippen molar-refractivity contribution in [3.8, 4) is 0 Å². The van der Waals surface area contributed by atoms with Crippen LogP contribution in [0.5, 0.6) is 0 Å². The highest BCUT2D eigenvalue weighted by atomic mass is 19.4. The number of hydrogen-bond donors (Lipinski definition) is 2. The average molecular weight is 502 g/mol. The number of alkyl halides is 6. The summed E-state index contributed by atoms with van der Waals surface area (Å²) in [6, 6.07) is 20.8. The molecule has 0 saturated carbocycles. The van der Waals surface area contributed by atoms with Crippen molar-refractivity contribution in [2.75, 3.05) is 13.1 Å². The fourth-order valence-corrected chi connectivity index (χ4v) is 5.20. The summed E-state index contributed by atoms with van der Waals surface area (Å²) in [6.07, 6.45) is -9.97. The second-order valence-corrected chi connectivity index (χ2v) is 8.87. The van der Waals surface area contributed by atoms with E-state index in [1.54, 1.807) is 60.7 Å². The summed E-state index contributed by atoms with van der Waals surface area (Å²) in [7, 11) is 0. The number of β-amino-alcohol motifs (C(OH)–C–C–N with tert-alkyl or cyclic N) is 1. The second-order valence-electron chi connectivity index (χ2n) is 8.87. The zero-order valence-corrected chi connectivity index (χ0v) is 18.7. The minimum atomic E-state index is -5.03. The standard InChI is InChI=1S/C27H20F6N2O/c28-26(29,30)20-13-7-12-19-21(14-22(27(31,32)33)35-23(19)20)25(24(36)15-34-16-24,17-8-3-1-4-9-17)18-10-5-2-6-11-18/h1-14,34,36H,15-16H2. The molecule has 2 N–H and O–H groups in total. The fourth-order valence-electron chi connectivity index (χ4n) is 5.20. The van der Waals surface area contributed by atoms with Gasteiger partial charge in [-0.15, -0.1) is 0 Å². The van der Waals surface area contributed by atoms with Gasteiger partial charge in [0.1, 0.15) is 11.3 Å². The number of para-hydroxylation sites is 1. The number of nitrogens with one attached hydrogen (secondary N) is 1. The highest BCUT2D eigenvalue weighted by molar-refractivity contribution is 5.89. The van der Waals surface area contributed by atoms with Crippen LogP contribution in [0.1, 0.15) is 27.9 Å². The molecule has 1 aliphatic heterocycles. The van der Waals surface area contributed by atoms with Gasteiger partial charge >= 0.3 is 12.4 Å². The van der Waals surface area contributed by atoms with Crippen LogP contribution >= 0.6 is 0 Å². The first-order valence-electron chi connectivity index (χ1n) is 11.1. The first-order chi connectivity index (χ1) is 17.0. The van der Waals surface area contributed by atoms with E-state index in [0.29, 0.717) is 17.2 Å². The van der Waals surface area contributed by atoms with Crippen LogP contribution in [0.4, 0.5) is 26.3 Å². The SMILES string of the molecule is OC1(C(c2ccccc2)(c2ccccc2)c2cc(C(F)(F)F)nc3c(C(F)(F)F)cccc23)CNC1. The number of pyridine rings is 1. The van der Waals surface area contributed by atoms with Gasteiger partial charge in [-0.25, -0.2) is 4.98 Å². The Bertz CT molecular complexity index is 1360. The third-order valence-corrected chi connectivity index (χ3v) is 6.79. The fraction of sp³-hybridized carbons (Fsp3) is 0.222. The zero-order valence-electron chi connectivity index (χ0n) is 18.7. The van der Waals surface area contributed by atoms with E-state index in [2.05, 4.69) is 10.3 Å². The van der Waals surface area contributed by atoms with Gasteiger partial charge in [-0.2, -0.15) is 26.3 Å². The van der Waals surface area contributed by atoms with Crippen LogP contribution in [0.3, 0.4) is 0 Å². The van der Waals surface area contributed by atoms with E-state index >= 15 is 0 Å². The van der Waals surface area contributed by atoms with E-state index in [-0.39, 0.29) is 24.0 Å². The zero-order chi connectivity index (χ0) is 25.8. The molecule has 1 aromatic heterocycles. The van der Waals surface area contributed by atoms with Crippen LogP contribution in [0.2, 0.25) is 0 Å². The van der Waals surface area contributed by atoms with E-state index in [9.17, 15) is 31.4 Å². The minimum absolute atomic E-state index is 0.0148. The molecule has 0 unspecified atom stereocenters. The minimum Gasteiger partial charge on any atom is -0.386 e. The van der Waals surface area contributed by atoms with Gasteiger partial charge in [-0.1, -0.05) is 72.8 Å². The van der Waals surface area contributed by atoms with Crippen LogP contribution < -0.4 is 5.32 Å². The lowest BCUT2D eigenvalue weighted by Gasteiger charge is -2.54. The highest BCUT2D eigenvalue weighted by Gasteiger charge is 2.58. The predicted octanol–water partition coefficient (Wildman–Crippen LogP) is 5.94. The maximum atomic E-state index is 14.1. The third kappa shape index (κ3) is 3.65. The van der Waals surface area contributed by atoms with E-state index in [0.717, 1.165) is 12.1 Å². The van der Waals surface area contributed by atoms with E-state index in [1.165, 1.54) is 6.07 Å². The number of hydrogen-bond acceptors (Lipinski definition) is 3. The monoisotopic (exact) mass is 502 g/mol. The highest BCUT2D eigenvalue weighted by Crippen LogP contribution is 2.52. The Hall–Kier alpha value is -3.43. The summed E-state index contributed by atoms with van der Waals surface area (Å²) in [6.45, 7) is 0.0296. The molecule has 0 radical (unpaired) electrons. The lowest BCUT2D eigenvalue weighted by atomic mass is 9.56. The van der Waals surface area contributed by atoms with Crippen molar-refractivity contribution in [3.05, 3.63) is 113 Å². The molecule has 0 aliphatic carbocycles. The largest absolute Gasteiger partial charge is 0.433 e. The van der Waals surface area contributed by atoms with Gasteiger partial charge in [-0.05, 0) is 28.8 Å². The van der Waals surface area contributed by atoms with Gasteiger partial charge in [0.05, 0.1) is 16.5 Å². The van der Waals surface area contributed by atoms with Crippen molar-refractivity contribution in [3.63, 3.8) is 0 Å². The summed E-state index contributed by atoms with van der Waals surface area (Å²) in [5, 5.41) is 14.8.